The molecule has 0 radical (unpaired) electrons. The molecule has 1 aromatic heterocycles. The first-order valence-electron chi connectivity index (χ1n) is 12.4. The minimum atomic E-state index is -0.271. The molecule has 4 rings (SSSR count). The van der Waals surface area contributed by atoms with E-state index < -0.39 is 0 Å². The molecular weight excluding hydrogens is 444 g/mol. The minimum Gasteiger partial charge on any atom is -0.475 e. The Morgan fingerprint density at radius 3 is 2.57 bits per heavy atom. The standard InChI is InChI=1S/C27H34N4O4/c1-17(2)29-26(33)20-8-10-22(11-9-20)31-23-15-25(35-13-12-32)28-16-21(23)14-24(31)30-27(34)19-6-4-18(3)5-7-19/h4-7,15-17,20,22,32H,8-14H2,1-3H3,(H,29,33). The van der Waals surface area contributed by atoms with Crippen molar-refractivity contribution >= 4 is 23.3 Å². The average Bonchev–Trinajstić information content (AvgIpc) is 3.19. The van der Waals surface area contributed by atoms with Crippen LogP contribution in [0.25, 0.3) is 0 Å². The number of fused-ring (bicyclic) bond motifs is 1. The number of aliphatic hydroxyl groups is 1. The fourth-order valence-corrected chi connectivity index (χ4v) is 4.82. The monoisotopic (exact) mass is 478 g/mol. The first-order chi connectivity index (χ1) is 16.9. The average molecular weight is 479 g/mol. The molecule has 186 valence electrons. The fourth-order valence-electron chi connectivity index (χ4n) is 4.82. The number of aromatic nitrogens is 1. The predicted octanol–water partition coefficient (Wildman–Crippen LogP) is 3.45. The molecule has 0 saturated heterocycles. The molecular formula is C27H34N4O4. The van der Waals surface area contributed by atoms with E-state index in [1.165, 1.54) is 0 Å². The lowest BCUT2D eigenvalue weighted by molar-refractivity contribution is -0.126. The topological polar surface area (TPSA) is 104 Å². The zero-order valence-corrected chi connectivity index (χ0v) is 20.7. The van der Waals surface area contributed by atoms with Crippen LogP contribution in [0.2, 0.25) is 0 Å². The van der Waals surface area contributed by atoms with E-state index in [4.69, 9.17) is 9.84 Å². The molecule has 2 N–H and O–H groups in total. The number of amides is 2. The fraction of sp³-hybridized carbons (Fsp3) is 0.481. The van der Waals surface area contributed by atoms with Crippen LogP contribution in [0.1, 0.15) is 61.0 Å². The van der Waals surface area contributed by atoms with Crippen LogP contribution in [0.5, 0.6) is 5.88 Å². The number of amidine groups is 1. The van der Waals surface area contributed by atoms with Crippen molar-refractivity contribution in [2.75, 3.05) is 18.1 Å². The number of ether oxygens (including phenoxy) is 1. The summed E-state index contributed by atoms with van der Waals surface area (Å²) in [6.45, 7) is 6.00. The molecule has 0 atom stereocenters. The van der Waals surface area contributed by atoms with Crippen molar-refractivity contribution in [1.29, 1.82) is 0 Å². The lowest BCUT2D eigenvalue weighted by Gasteiger charge is -2.36. The summed E-state index contributed by atoms with van der Waals surface area (Å²) in [6.07, 6.45) is 5.48. The molecule has 1 aromatic carbocycles. The van der Waals surface area contributed by atoms with Crippen LogP contribution in [-0.4, -0.2) is 53.0 Å². The van der Waals surface area contributed by atoms with E-state index in [1.54, 1.807) is 18.3 Å². The molecule has 35 heavy (non-hydrogen) atoms. The van der Waals surface area contributed by atoms with Gasteiger partial charge in [-0.05, 0) is 58.6 Å². The van der Waals surface area contributed by atoms with Crippen LogP contribution in [0.3, 0.4) is 0 Å². The Kier molecular flexibility index (Phi) is 7.80. The number of carbonyl (C=O) groups excluding carboxylic acids is 2. The summed E-state index contributed by atoms with van der Waals surface area (Å²) in [4.78, 5) is 36.6. The lowest BCUT2D eigenvalue weighted by Crippen LogP contribution is -2.44. The van der Waals surface area contributed by atoms with Gasteiger partial charge in [0.25, 0.3) is 5.91 Å². The number of anilines is 1. The molecule has 2 amide bonds. The van der Waals surface area contributed by atoms with Gasteiger partial charge in [-0.3, -0.25) is 9.59 Å². The molecule has 0 unspecified atom stereocenters. The second-order valence-electron chi connectivity index (χ2n) is 9.64. The molecule has 0 spiro atoms. The lowest BCUT2D eigenvalue weighted by atomic mass is 9.84. The third-order valence-corrected chi connectivity index (χ3v) is 6.56. The number of hydrogen-bond acceptors (Lipinski definition) is 5. The Bertz CT molecular complexity index is 1090. The van der Waals surface area contributed by atoms with Gasteiger partial charge >= 0.3 is 0 Å². The van der Waals surface area contributed by atoms with Crippen LogP contribution in [-0.2, 0) is 11.2 Å². The molecule has 0 bridgehead atoms. The van der Waals surface area contributed by atoms with Crippen LogP contribution >= 0.6 is 0 Å². The van der Waals surface area contributed by atoms with Crippen LogP contribution < -0.4 is 15.0 Å². The Hall–Kier alpha value is -3.26. The summed E-state index contributed by atoms with van der Waals surface area (Å²) < 4.78 is 5.55. The van der Waals surface area contributed by atoms with Crippen LogP contribution in [0.15, 0.2) is 41.5 Å². The number of nitrogens with zero attached hydrogens (tertiary/aromatic N) is 3. The summed E-state index contributed by atoms with van der Waals surface area (Å²) in [5.41, 5.74) is 3.55. The third-order valence-electron chi connectivity index (χ3n) is 6.56. The van der Waals surface area contributed by atoms with Gasteiger partial charge in [-0.2, -0.15) is 4.99 Å². The summed E-state index contributed by atoms with van der Waals surface area (Å²) in [5.74, 6) is 0.979. The van der Waals surface area contributed by atoms with Gasteiger partial charge in [0, 0.05) is 47.8 Å². The smallest absolute Gasteiger partial charge is 0.278 e. The number of nitrogens with one attached hydrogen (secondary N) is 1. The van der Waals surface area contributed by atoms with Gasteiger partial charge in [0.1, 0.15) is 12.4 Å². The normalized spacial score (nSPS) is 20.7. The van der Waals surface area contributed by atoms with E-state index >= 15 is 0 Å². The van der Waals surface area contributed by atoms with Gasteiger partial charge < -0.3 is 20.1 Å². The Morgan fingerprint density at radius 1 is 1.20 bits per heavy atom. The summed E-state index contributed by atoms with van der Waals surface area (Å²) in [7, 11) is 0. The number of benzene rings is 1. The van der Waals surface area contributed by atoms with E-state index in [1.807, 2.05) is 39.0 Å². The second-order valence-corrected chi connectivity index (χ2v) is 9.64. The molecule has 1 saturated carbocycles. The number of rotatable bonds is 7. The van der Waals surface area contributed by atoms with Crippen molar-refractivity contribution in [2.24, 2.45) is 10.9 Å². The van der Waals surface area contributed by atoms with E-state index in [0.717, 1.165) is 42.5 Å². The van der Waals surface area contributed by atoms with E-state index in [9.17, 15) is 9.59 Å². The largest absolute Gasteiger partial charge is 0.475 e. The Balaban J connectivity index is 1.59. The third kappa shape index (κ3) is 5.88. The van der Waals surface area contributed by atoms with Gasteiger partial charge in [0.15, 0.2) is 0 Å². The van der Waals surface area contributed by atoms with Crippen LogP contribution in [0.4, 0.5) is 5.69 Å². The quantitative estimate of drug-likeness (QED) is 0.632. The van der Waals surface area contributed by atoms with Crippen LogP contribution in [0, 0.1) is 12.8 Å². The highest BCUT2D eigenvalue weighted by molar-refractivity contribution is 6.12. The summed E-state index contributed by atoms with van der Waals surface area (Å²) in [6, 6.07) is 9.53. The van der Waals surface area contributed by atoms with Gasteiger partial charge in [0.2, 0.25) is 11.8 Å². The number of hydrogen-bond donors (Lipinski definition) is 2. The SMILES string of the molecule is Cc1ccc(C(=O)N=C2Cc3cnc(OCCO)cc3N2C2CCC(C(=O)NC(C)C)CC2)cc1. The van der Waals surface area contributed by atoms with Crippen molar-refractivity contribution < 1.29 is 19.4 Å². The van der Waals surface area contributed by atoms with Crippen molar-refractivity contribution in [3.63, 3.8) is 0 Å². The first kappa shape index (κ1) is 24.9. The molecule has 1 fully saturated rings. The maximum atomic E-state index is 13.0. The van der Waals surface area contributed by atoms with Crippen molar-refractivity contribution in [3.05, 3.63) is 53.2 Å². The van der Waals surface area contributed by atoms with Crippen molar-refractivity contribution in [2.45, 2.75) is 65.0 Å². The molecule has 2 aromatic rings. The number of pyridine rings is 1. The van der Waals surface area contributed by atoms with E-state index in [2.05, 4.69) is 20.2 Å². The van der Waals surface area contributed by atoms with Crippen molar-refractivity contribution in [1.82, 2.24) is 10.3 Å². The highest BCUT2D eigenvalue weighted by Gasteiger charge is 2.36. The summed E-state index contributed by atoms with van der Waals surface area (Å²) in [5, 5.41) is 12.1. The van der Waals surface area contributed by atoms with Gasteiger partial charge in [-0.15, -0.1) is 0 Å². The number of aliphatic imine (C=N–C) groups is 1. The number of aliphatic hydroxyl groups excluding tert-OH is 1. The van der Waals surface area contributed by atoms with Gasteiger partial charge in [0.05, 0.1) is 12.3 Å². The van der Waals surface area contributed by atoms with E-state index in [-0.39, 0.29) is 43.0 Å². The molecule has 2 aliphatic rings. The molecule has 8 nitrogen and oxygen atoms in total. The highest BCUT2D eigenvalue weighted by atomic mass is 16.5. The number of carbonyl (C=O) groups is 2. The minimum absolute atomic E-state index is 0.00573. The number of aryl methyl sites for hydroxylation is 1. The zero-order chi connectivity index (χ0) is 24.9. The molecule has 1 aliphatic heterocycles. The first-order valence-corrected chi connectivity index (χ1v) is 12.4. The highest BCUT2D eigenvalue weighted by Crippen LogP contribution is 2.38. The maximum absolute atomic E-state index is 13.0. The zero-order valence-electron chi connectivity index (χ0n) is 20.7. The molecule has 8 heteroatoms. The summed E-state index contributed by atoms with van der Waals surface area (Å²) >= 11 is 0. The molecule has 1 aliphatic carbocycles. The van der Waals surface area contributed by atoms with Crippen molar-refractivity contribution in [3.8, 4) is 5.88 Å². The molecule has 2 heterocycles. The Morgan fingerprint density at radius 2 is 1.91 bits per heavy atom. The predicted molar refractivity (Wildman–Crippen MR) is 135 cm³/mol. The second kappa shape index (κ2) is 11.0. The van der Waals surface area contributed by atoms with Gasteiger partial charge in [-0.1, -0.05) is 17.7 Å². The maximum Gasteiger partial charge on any atom is 0.278 e. The van der Waals surface area contributed by atoms with Gasteiger partial charge in [-0.25, -0.2) is 4.98 Å². The Labute approximate surface area is 206 Å². The van der Waals surface area contributed by atoms with E-state index in [0.29, 0.717) is 23.7 Å².